The topological polar surface area (TPSA) is 149 Å². The predicted molar refractivity (Wildman–Crippen MR) is 188 cm³/mol. The molecule has 0 fully saturated rings. The molecule has 256 valence electrons. The van der Waals surface area contributed by atoms with Crippen molar-refractivity contribution >= 4 is 34.5 Å². The monoisotopic (exact) mass is 646 g/mol. The molecular weight excluding hydrogens is 592 g/mol. The number of likely N-dealkylation sites (N-methyl/N-ethyl adjacent to an activating group) is 1. The van der Waals surface area contributed by atoms with Crippen molar-refractivity contribution in [1.82, 2.24) is 25.8 Å². The number of aromatic nitrogens is 1. The average molecular weight is 647 g/mol. The summed E-state index contributed by atoms with van der Waals surface area (Å²) in [5, 5.41) is 10.1. The number of carbonyl (C=O) groups excluding carboxylic acids is 4. The number of carbonyl (C=O) groups is 4. The molecule has 0 aliphatic heterocycles. The van der Waals surface area contributed by atoms with E-state index >= 15 is 0 Å². The summed E-state index contributed by atoms with van der Waals surface area (Å²) in [5.74, 6) is -0.814. The first kappa shape index (κ1) is 37.3. The zero-order valence-corrected chi connectivity index (χ0v) is 28.4. The lowest BCUT2D eigenvalue weighted by atomic mass is 9.99. The van der Waals surface area contributed by atoms with Gasteiger partial charge in [-0.05, 0) is 49.4 Å². The molecule has 6 N–H and O–H groups in total. The number of amides is 4. The highest BCUT2D eigenvalue weighted by Gasteiger charge is 2.31. The smallest absolute Gasteiger partial charge is 0.243 e. The van der Waals surface area contributed by atoms with Gasteiger partial charge in [-0.1, -0.05) is 81.6 Å². The van der Waals surface area contributed by atoms with Crippen molar-refractivity contribution in [3.63, 3.8) is 0 Å². The van der Waals surface area contributed by atoms with Gasteiger partial charge in [-0.3, -0.25) is 19.2 Å². The molecule has 10 nitrogen and oxygen atoms in total. The fourth-order valence-electron chi connectivity index (χ4n) is 5.80. The Morgan fingerprint density at radius 2 is 1.57 bits per heavy atom. The summed E-state index contributed by atoms with van der Waals surface area (Å²) in [6.07, 6.45) is 8.32. The summed E-state index contributed by atoms with van der Waals surface area (Å²) < 4.78 is 0. The molecule has 3 atom stereocenters. The molecule has 2 aromatic carbocycles. The van der Waals surface area contributed by atoms with E-state index in [2.05, 4.69) is 27.9 Å². The maximum atomic E-state index is 14.1. The van der Waals surface area contributed by atoms with Crippen molar-refractivity contribution < 1.29 is 19.2 Å². The fourth-order valence-corrected chi connectivity index (χ4v) is 5.80. The van der Waals surface area contributed by atoms with Gasteiger partial charge in [-0.15, -0.1) is 0 Å². The molecule has 10 heteroatoms. The standard InChI is InChI=1S/C37H54N6O4/c1-4-6-14-21-39-35(45)24-29(17-12-13-20-38)42-37(47)33(23-28-26-40-32-19-11-10-18-31(28)32)43(3)36(46)25-30(41-34(44)5-2)22-27-15-8-7-9-16-27/h7-11,15-16,18-19,26,29-30,33,40H,4-6,12-14,17,20-25,38H2,1-3H3,(H,39,45)(H,41,44)(H,42,47)/t29?,30-,33+/m1/s1. The van der Waals surface area contributed by atoms with Gasteiger partial charge in [0.1, 0.15) is 6.04 Å². The highest BCUT2D eigenvalue weighted by molar-refractivity contribution is 5.90. The van der Waals surface area contributed by atoms with E-state index in [1.807, 2.05) is 60.8 Å². The third-order valence-corrected chi connectivity index (χ3v) is 8.57. The zero-order valence-electron chi connectivity index (χ0n) is 28.4. The fraction of sp³-hybridized carbons (Fsp3) is 0.514. The van der Waals surface area contributed by atoms with Crippen LogP contribution in [0.4, 0.5) is 0 Å². The van der Waals surface area contributed by atoms with Crippen LogP contribution in [-0.4, -0.2) is 71.8 Å². The summed E-state index contributed by atoms with van der Waals surface area (Å²) in [5.41, 5.74) is 8.60. The lowest BCUT2D eigenvalue weighted by Crippen LogP contribution is -2.53. The van der Waals surface area contributed by atoms with E-state index in [9.17, 15) is 19.2 Å². The van der Waals surface area contributed by atoms with E-state index in [1.165, 1.54) is 4.90 Å². The largest absolute Gasteiger partial charge is 0.361 e. The van der Waals surface area contributed by atoms with Gasteiger partial charge >= 0.3 is 0 Å². The Morgan fingerprint density at radius 3 is 2.30 bits per heavy atom. The highest BCUT2D eigenvalue weighted by Crippen LogP contribution is 2.21. The number of nitrogens with one attached hydrogen (secondary N) is 4. The molecule has 0 aliphatic rings. The molecule has 1 heterocycles. The van der Waals surface area contributed by atoms with E-state index < -0.39 is 18.1 Å². The molecular formula is C37H54N6O4. The Balaban J connectivity index is 1.83. The first-order valence-electron chi connectivity index (χ1n) is 17.2. The number of H-pyrrole nitrogens is 1. The first-order chi connectivity index (χ1) is 22.7. The number of nitrogens with zero attached hydrogens (tertiary/aromatic N) is 1. The summed E-state index contributed by atoms with van der Waals surface area (Å²) in [4.78, 5) is 58.1. The molecule has 3 aromatic rings. The quantitative estimate of drug-likeness (QED) is 0.109. The van der Waals surface area contributed by atoms with Crippen molar-refractivity contribution in [2.75, 3.05) is 20.1 Å². The van der Waals surface area contributed by atoms with Gasteiger partial charge in [-0.25, -0.2) is 0 Å². The van der Waals surface area contributed by atoms with Crippen LogP contribution in [-0.2, 0) is 32.0 Å². The minimum absolute atomic E-state index is 0.0366. The molecule has 3 rings (SSSR count). The first-order valence-corrected chi connectivity index (χ1v) is 17.2. The Bertz CT molecular complexity index is 1410. The van der Waals surface area contributed by atoms with Crippen LogP contribution >= 0.6 is 0 Å². The molecule has 0 spiro atoms. The number of benzene rings is 2. The van der Waals surface area contributed by atoms with Gasteiger partial charge in [0.25, 0.3) is 0 Å². The molecule has 0 saturated carbocycles. The van der Waals surface area contributed by atoms with Crippen LogP contribution in [0.5, 0.6) is 0 Å². The van der Waals surface area contributed by atoms with Crippen LogP contribution in [0.15, 0.2) is 60.8 Å². The maximum absolute atomic E-state index is 14.1. The number of unbranched alkanes of at least 4 members (excludes halogenated alkanes) is 3. The predicted octanol–water partition coefficient (Wildman–Crippen LogP) is 4.38. The lowest BCUT2D eigenvalue weighted by molar-refractivity contribution is -0.140. The van der Waals surface area contributed by atoms with E-state index in [1.54, 1.807) is 14.0 Å². The second-order valence-corrected chi connectivity index (χ2v) is 12.3. The average Bonchev–Trinajstić information content (AvgIpc) is 3.48. The molecule has 1 unspecified atom stereocenters. The van der Waals surface area contributed by atoms with Crippen LogP contribution in [0.25, 0.3) is 10.9 Å². The van der Waals surface area contributed by atoms with Crippen molar-refractivity contribution in [1.29, 1.82) is 0 Å². The van der Waals surface area contributed by atoms with Crippen LogP contribution in [0.2, 0.25) is 0 Å². The number of fused-ring (bicyclic) bond motifs is 1. The van der Waals surface area contributed by atoms with Crippen molar-refractivity contribution in [3.05, 3.63) is 71.9 Å². The number of nitrogens with two attached hydrogens (primary N) is 1. The van der Waals surface area contributed by atoms with Crippen molar-refractivity contribution in [2.24, 2.45) is 5.73 Å². The Labute approximate surface area is 279 Å². The van der Waals surface area contributed by atoms with Crippen molar-refractivity contribution in [2.45, 2.75) is 103 Å². The van der Waals surface area contributed by atoms with E-state index in [-0.39, 0.29) is 42.9 Å². The molecule has 1 aromatic heterocycles. The number of hydrogen-bond donors (Lipinski definition) is 5. The third-order valence-electron chi connectivity index (χ3n) is 8.57. The molecule has 0 radical (unpaired) electrons. The van der Waals surface area contributed by atoms with Gasteiger partial charge in [0.2, 0.25) is 23.6 Å². The highest BCUT2D eigenvalue weighted by atomic mass is 16.2. The third kappa shape index (κ3) is 12.5. The summed E-state index contributed by atoms with van der Waals surface area (Å²) in [7, 11) is 1.65. The normalized spacial score (nSPS) is 13.0. The minimum Gasteiger partial charge on any atom is -0.361 e. The minimum atomic E-state index is -0.842. The maximum Gasteiger partial charge on any atom is 0.243 e. The molecule has 0 bridgehead atoms. The van der Waals surface area contributed by atoms with E-state index in [4.69, 9.17) is 5.73 Å². The molecule has 47 heavy (non-hydrogen) atoms. The number of para-hydroxylation sites is 1. The van der Waals surface area contributed by atoms with Crippen LogP contribution in [0.3, 0.4) is 0 Å². The molecule has 0 saturated heterocycles. The van der Waals surface area contributed by atoms with Gasteiger partial charge in [0.15, 0.2) is 0 Å². The van der Waals surface area contributed by atoms with Gasteiger partial charge in [0.05, 0.1) is 0 Å². The number of hydrogen-bond acceptors (Lipinski definition) is 5. The summed E-state index contributed by atoms with van der Waals surface area (Å²) >= 11 is 0. The lowest BCUT2D eigenvalue weighted by Gasteiger charge is -2.31. The number of rotatable bonds is 21. The van der Waals surface area contributed by atoms with Gasteiger partial charge in [-0.2, -0.15) is 0 Å². The second-order valence-electron chi connectivity index (χ2n) is 12.3. The van der Waals surface area contributed by atoms with Crippen LogP contribution in [0.1, 0.15) is 82.8 Å². The Hall–Kier alpha value is -4.18. The van der Waals surface area contributed by atoms with Crippen LogP contribution < -0.4 is 21.7 Å². The second kappa shape index (κ2) is 20.1. The molecule has 4 amide bonds. The van der Waals surface area contributed by atoms with Crippen LogP contribution in [0, 0.1) is 0 Å². The summed E-state index contributed by atoms with van der Waals surface area (Å²) in [6, 6.07) is 15.9. The molecule has 0 aliphatic carbocycles. The SMILES string of the molecule is CCCCCNC(=O)CC(CCCCN)NC(=O)[C@H](Cc1c[nH]c2ccccc12)N(C)C(=O)C[C@@H](Cc1ccccc1)NC(=O)CC. The van der Waals surface area contributed by atoms with Crippen molar-refractivity contribution in [3.8, 4) is 0 Å². The van der Waals surface area contributed by atoms with E-state index in [0.717, 1.165) is 54.1 Å². The van der Waals surface area contributed by atoms with Gasteiger partial charge in [0, 0.05) is 68.5 Å². The zero-order chi connectivity index (χ0) is 34.0. The Morgan fingerprint density at radius 1 is 0.830 bits per heavy atom. The van der Waals surface area contributed by atoms with Gasteiger partial charge < -0.3 is 31.6 Å². The number of aromatic amines is 1. The Kier molecular flexibility index (Phi) is 16.0. The van der Waals surface area contributed by atoms with E-state index in [0.29, 0.717) is 32.4 Å². The summed E-state index contributed by atoms with van der Waals surface area (Å²) in [6.45, 7) is 5.03.